The summed E-state index contributed by atoms with van der Waals surface area (Å²) < 4.78 is 78.4. The van der Waals surface area contributed by atoms with E-state index >= 15 is 0 Å². The smallest absolute Gasteiger partial charge is 0.548 e. The number of carboxylic acid groups (broad SMARTS) is 2. The third-order valence-electron chi connectivity index (χ3n) is 5.40. The molecular weight excluding hydrogens is 593 g/mol. The minimum absolute atomic E-state index is 0. The van der Waals surface area contributed by atoms with Gasteiger partial charge in [-0.15, -0.1) is 0 Å². The average Bonchev–Trinajstić information content (AvgIpc) is 2.83. The van der Waals surface area contributed by atoms with Crippen molar-refractivity contribution in [3.8, 4) is 0 Å². The van der Waals surface area contributed by atoms with Gasteiger partial charge in [-0.1, -0.05) is 95.8 Å². The van der Waals surface area contributed by atoms with E-state index in [0.29, 0.717) is 0 Å². The van der Waals surface area contributed by atoms with Crippen molar-refractivity contribution in [3.63, 3.8) is 0 Å². The Bertz CT molecular complexity index is 1090. The fourth-order valence-electron chi connectivity index (χ4n) is 3.65. The first-order valence-corrected chi connectivity index (χ1v) is 12.4. The van der Waals surface area contributed by atoms with Gasteiger partial charge in [0.1, 0.15) is 17.8 Å². The number of hydrogen-bond acceptors (Lipinski definition) is 5. The summed E-state index contributed by atoms with van der Waals surface area (Å²) in [5.74, 6) is -3.00. The number of nitrogens with zero attached hydrogens (tertiary/aromatic N) is 1. The second-order valence-corrected chi connectivity index (χ2v) is 9.88. The maximum Gasteiger partial charge on any atom is 1.00 e. The van der Waals surface area contributed by atoms with E-state index in [1.165, 1.54) is 48.5 Å². The second kappa shape index (κ2) is 19.5. The Morgan fingerprint density at radius 2 is 1.31 bits per heavy atom. The van der Waals surface area contributed by atoms with Gasteiger partial charge in [-0.3, -0.25) is 15.1 Å². The molecule has 3 atom stereocenters. The van der Waals surface area contributed by atoms with E-state index < -0.39 is 48.1 Å². The quantitative estimate of drug-likeness (QED) is 0.226. The third-order valence-corrected chi connectivity index (χ3v) is 5.40. The van der Waals surface area contributed by atoms with E-state index in [9.17, 15) is 41.0 Å². The molecule has 2 N–H and O–H groups in total. The molecule has 0 aromatic heterocycles. The van der Waals surface area contributed by atoms with Crippen LogP contribution in [0.4, 0.5) is 26.3 Å². The maximum atomic E-state index is 13.1. The molecule has 230 valence electrons. The Morgan fingerprint density at radius 3 is 1.67 bits per heavy atom. The van der Waals surface area contributed by atoms with Gasteiger partial charge in [0.25, 0.3) is 0 Å². The normalized spacial score (nSPS) is 14.0. The number of halogens is 6. The molecule has 6 nitrogen and oxygen atoms in total. The summed E-state index contributed by atoms with van der Waals surface area (Å²) in [5.41, 5.74) is -1.34. The van der Waals surface area contributed by atoms with Crippen LogP contribution in [-0.4, -0.2) is 47.2 Å². The molecule has 0 spiro atoms. The first kappa shape index (κ1) is 42.4. The van der Waals surface area contributed by atoms with Gasteiger partial charge in [0, 0.05) is 5.56 Å². The molecular formula is C29H37F6KN2O4. The van der Waals surface area contributed by atoms with Crippen molar-refractivity contribution in [2.45, 2.75) is 78.4 Å². The van der Waals surface area contributed by atoms with Crippen molar-refractivity contribution in [1.82, 2.24) is 5.32 Å². The molecule has 0 heterocycles. The van der Waals surface area contributed by atoms with Gasteiger partial charge in [-0.25, -0.2) is 0 Å². The summed E-state index contributed by atoms with van der Waals surface area (Å²) >= 11 is 0. The van der Waals surface area contributed by atoms with Gasteiger partial charge in [-0.2, -0.15) is 26.3 Å². The number of aliphatic imine (C=N–C) groups is 1. The number of carboxylic acids is 2. The number of alkyl halides is 6. The van der Waals surface area contributed by atoms with Gasteiger partial charge >= 0.3 is 69.7 Å². The van der Waals surface area contributed by atoms with Crippen LogP contribution in [0.15, 0.2) is 65.7 Å². The summed E-state index contributed by atoms with van der Waals surface area (Å²) in [6, 6.07) is 9.47. The predicted molar refractivity (Wildman–Crippen MR) is 143 cm³/mol. The largest absolute Gasteiger partial charge is 1.00 e. The molecule has 0 saturated heterocycles. The Hall–Kier alpha value is -1.77. The molecule has 0 amide bonds. The fourth-order valence-corrected chi connectivity index (χ4v) is 3.65. The van der Waals surface area contributed by atoms with Crippen LogP contribution in [0, 0.1) is 11.8 Å². The minimum Gasteiger partial charge on any atom is -0.548 e. The zero-order valence-corrected chi connectivity index (χ0v) is 26.6. The van der Waals surface area contributed by atoms with Crippen molar-refractivity contribution >= 4 is 17.7 Å². The van der Waals surface area contributed by atoms with Crippen LogP contribution in [-0.2, 0) is 9.59 Å². The Kier molecular flexibility index (Phi) is 19.7. The Morgan fingerprint density at radius 1 is 0.857 bits per heavy atom. The molecule has 0 bridgehead atoms. The maximum absolute atomic E-state index is 13.1. The molecule has 2 aromatic rings. The van der Waals surface area contributed by atoms with Crippen LogP contribution in [0.5, 0.6) is 0 Å². The minimum atomic E-state index is -4.72. The Labute approximate surface area is 285 Å². The SMILES string of the molecule is C.CC(C)C[C@H](N=C(c1ccccc1)C(F)(F)F)C(=O)[O-].CC(C)C[C@H](N[C@@H](c1ccccc1)C(F)(F)F)C(=O)O.[K+]. The second-order valence-electron chi connectivity index (χ2n) is 9.88. The molecule has 2 rings (SSSR count). The average molecular weight is 631 g/mol. The van der Waals surface area contributed by atoms with Crippen molar-refractivity contribution in [1.29, 1.82) is 0 Å². The number of rotatable bonds is 11. The van der Waals surface area contributed by atoms with Crippen molar-refractivity contribution in [3.05, 3.63) is 71.8 Å². The number of carbonyl (C=O) groups excluding carboxylic acids is 1. The summed E-state index contributed by atoms with van der Waals surface area (Å²) in [7, 11) is 0. The first-order valence-electron chi connectivity index (χ1n) is 12.4. The van der Waals surface area contributed by atoms with Gasteiger partial charge in [0.05, 0.1) is 12.0 Å². The van der Waals surface area contributed by atoms with Gasteiger partial charge in [-0.05, 0) is 30.2 Å². The summed E-state index contributed by atoms with van der Waals surface area (Å²) in [5, 5.41) is 22.2. The van der Waals surface area contributed by atoms with Crippen LogP contribution in [0.2, 0.25) is 0 Å². The van der Waals surface area contributed by atoms with Crippen molar-refractivity contribution in [2.24, 2.45) is 16.8 Å². The number of carbonyl (C=O) groups is 2. The zero-order valence-electron chi connectivity index (χ0n) is 23.5. The molecule has 0 saturated carbocycles. The Balaban J connectivity index is 0. The molecule has 42 heavy (non-hydrogen) atoms. The number of aliphatic carboxylic acids is 2. The van der Waals surface area contributed by atoms with E-state index in [-0.39, 0.29) is 94.6 Å². The molecule has 13 heteroatoms. The van der Waals surface area contributed by atoms with Gasteiger partial charge in [0.15, 0.2) is 0 Å². The van der Waals surface area contributed by atoms with E-state index in [0.717, 1.165) is 0 Å². The van der Waals surface area contributed by atoms with Crippen LogP contribution < -0.4 is 61.8 Å². The molecule has 0 aliphatic carbocycles. The van der Waals surface area contributed by atoms with E-state index in [4.69, 9.17) is 5.11 Å². The van der Waals surface area contributed by atoms with Gasteiger partial charge < -0.3 is 15.0 Å². The standard InChI is InChI=1S/C14H18F3NO2.C14H16F3NO2.CH4.K/c2*1-9(2)8-11(13(19)20)18-12(14(15,16)17)10-6-4-3-5-7-10;;/h3-7,9,11-12,18H,8H2,1-2H3,(H,19,20);3-7,9,11H,8H2,1-2H3,(H,19,20);1H4;/q;;;+1/p-1/t11-,12-;11-;;/m00../s1. The van der Waals surface area contributed by atoms with E-state index in [1.807, 2.05) is 0 Å². The van der Waals surface area contributed by atoms with Gasteiger partial charge in [0.2, 0.25) is 0 Å². The van der Waals surface area contributed by atoms with Crippen LogP contribution in [0.3, 0.4) is 0 Å². The summed E-state index contributed by atoms with van der Waals surface area (Å²) in [4.78, 5) is 25.4. The van der Waals surface area contributed by atoms with E-state index in [1.54, 1.807) is 39.8 Å². The molecule has 0 aliphatic heterocycles. The van der Waals surface area contributed by atoms with E-state index in [2.05, 4.69) is 10.3 Å². The van der Waals surface area contributed by atoms with Crippen LogP contribution >= 0.6 is 0 Å². The van der Waals surface area contributed by atoms with Crippen LogP contribution in [0.1, 0.15) is 65.1 Å². The zero-order chi connectivity index (χ0) is 30.7. The summed E-state index contributed by atoms with van der Waals surface area (Å²) in [6.07, 6.45) is -9.14. The first-order chi connectivity index (χ1) is 18.4. The predicted octanol–water partition coefficient (Wildman–Crippen LogP) is 3.22. The number of benzene rings is 2. The molecule has 0 unspecified atom stereocenters. The molecule has 2 aromatic carbocycles. The molecule has 0 radical (unpaired) electrons. The monoisotopic (exact) mass is 630 g/mol. The molecule has 0 aliphatic rings. The van der Waals surface area contributed by atoms with Crippen molar-refractivity contribution < 1.29 is 97.5 Å². The topological polar surface area (TPSA) is 102 Å². The number of hydrogen-bond donors (Lipinski definition) is 2. The number of nitrogens with one attached hydrogen (secondary N) is 1. The van der Waals surface area contributed by atoms with Crippen LogP contribution in [0.25, 0.3) is 0 Å². The molecule has 0 fully saturated rings. The third kappa shape index (κ3) is 15.6. The van der Waals surface area contributed by atoms with Crippen molar-refractivity contribution in [2.75, 3.05) is 0 Å². The summed E-state index contributed by atoms with van der Waals surface area (Å²) in [6.45, 7) is 6.95. The fraction of sp³-hybridized carbons (Fsp3) is 0.483.